The Morgan fingerprint density at radius 1 is 0.979 bits per heavy atom. The molecule has 258 valence electrons. The van der Waals surface area contributed by atoms with Crippen LogP contribution in [-0.2, 0) is 20.8 Å². The third kappa shape index (κ3) is 6.38. The van der Waals surface area contributed by atoms with Crippen molar-refractivity contribution in [3.63, 3.8) is 0 Å². The highest BCUT2D eigenvalue weighted by atomic mass is 32.2. The average molecular weight is 672 g/mol. The SMILES string of the molecule is C=CCN(C(=O)[C@H]1[C@H]2C(=O)N([C@@H](CO)Cc3ccccc3)C(C(=O)N(CC=C)C(C)(C)CC(C)(C)C)C23CC[C@]1(C)S3)c1ccccc1. The van der Waals surface area contributed by atoms with Gasteiger partial charge in [0, 0.05) is 29.1 Å². The molecule has 3 heterocycles. The van der Waals surface area contributed by atoms with E-state index in [0.29, 0.717) is 32.4 Å². The standard InChI is InChI=1S/C40H53N3O4S/c1-9-23-41(29-19-15-12-16-20-29)34(45)31-32-35(46)43(30(26-44)25-28-17-13-11-14-18-28)33(40(32)22-21-39(31,8)48-40)36(47)42(24-10-2)38(6,7)27-37(3,4)5/h9-20,30-33,44H,1-2,21-27H2,3-8H3/t30-,31-,32+,33?,39+,40?/m1/s1. The number of amides is 3. The van der Waals surface area contributed by atoms with Crippen molar-refractivity contribution in [2.45, 2.75) is 94.3 Å². The van der Waals surface area contributed by atoms with E-state index in [0.717, 1.165) is 17.7 Å². The number of benzene rings is 2. The molecule has 3 aliphatic rings. The van der Waals surface area contributed by atoms with Crippen LogP contribution in [0, 0.1) is 17.3 Å². The van der Waals surface area contributed by atoms with E-state index in [4.69, 9.17) is 0 Å². The summed E-state index contributed by atoms with van der Waals surface area (Å²) in [4.78, 5) is 50.6. The van der Waals surface area contributed by atoms with Crippen molar-refractivity contribution in [1.29, 1.82) is 0 Å². The number of rotatable bonds is 13. The second kappa shape index (κ2) is 13.5. The van der Waals surface area contributed by atoms with Crippen molar-refractivity contribution in [1.82, 2.24) is 9.80 Å². The quantitative estimate of drug-likeness (QED) is 0.246. The zero-order valence-electron chi connectivity index (χ0n) is 29.5. The minimum Gasteiger partial charge on any atom is -0.394 e. The van der Waals surface area contributed by atoms with Gasteiger partial charge < -0.3 is 19.8 Å². The molecule has 2 bridgehead atoms. The summed E-state index contributed by atoms with van der Waals surface area (Å²) < 4.78 is -1.35. The number of thioether (sulfide) groups is 1. The zero-order valence-corrected chi connectivity index (χ0v) is 30.3. The molecule has 0 aromatic heterocycles. The van der Waals surface area contributed by atoms with Gasteiger partial charge in [-0.05, 0) is 69.6 Å². The molecular formula is C40H53N3O4S. The van der Waals surface area contributed by atoms with Crippen LogP contribution < -0.4 is 4.90 Å². The maximum Gasteiger partial charge on any atom is 0.247 e. The maximum absolute atomic E-state index is 15.3. The molecule has 1 spiro atoms. The fourth-order valence-corrected chi connectivity index (χ4v) is 11.4. The van der Waals surface area contributed by atoms with Gasteiger partial charge in [-0.25, -0.2) is 0 Å². The van der Waals surface area contributed by atoms with Crippen molar-refractivity contribution < 1.29 is 19.5 Å². The molecular weight excluding hydrogens is 619 g/mol. The summed E-state index contributed by atoms with van der Waals surface area (Å²) in [5, 5.41) is 11.0. The van der Waals surface area contributed by atoms with Gasteiger partial charge >= 0.3 is 0 Å². The van der Waals surface area contributed by atoms with Crippen molar-refractivity contribution in [2.24, 2.45) is 17.3 Å². The third-order valence-electron chi connectivity index (χ3n) is 10.5. The number of anilines is 1. The fraction of sp³-hybridized carbons (Fsp3) is 0.525. The highest BCUT2D eigenvalue weighted by molar-refractivity contribution is 8.02. The van der Waals surface area contributed by atoms with Gasteiger partial charge in [-0.2, -0.15) is 0 Å². The van der Waals surface area contributed by atoms with E-state index >= 15 is 9.59 Å². The second-order valence-electron chi connectivity index (χ2n) is 15.9. The number of para-hydroxylation sites is 1. The van der Waals surface area contributed by atoms with E-state index in [1.165, 1.54) is 0 Å². The molecule has 8 heteroatoms. The van der Waals surface area contributed by atoms with E-state index in [1.807, 2.05) is 65.6 Å². The number of carbonyl (C=O) groups is 3. The number of carbonyl (C=O) groups excluding carboxylic acids is 3. The number of hydrogen-bond acceptors (Lipinski definition) is 5. The van der Waals surface area contributed by atoms with E-state index in [1.54, 1.807) is 33.7 Å². The van der Waals surface area contributed by atoms with Gasteiger partial charge in [0.05, 0.1) is 29.2 Å². The fourth-order valence-electron chi connectivity index (χ4n) is 9.08. The molecule has 3 aliphatic heterocycles. The molecule has 6 atom stereocenters. The lowest BCUT2D eigenvalue weighted by Crippen LogP contribution is -2.62. The predicted molar refractivity (Wildman–Crippen MR) is 196 cm³/mol. The van der Waals surface area contributed by atoms with Crippen molar-refractivity contribution >= 4 is 35.2 Å². The van der Waals surface area contributed by atoms with Gasteiger partial charge in [0.1, 0.15) is 6.04 Å². The van der Waals surface area contributed by atoms with Crippen LogP contribution in [0.3, 0.4) is 0 Å². The minimum absolute atomic E-state index is 0.0618. The summed E-state index contributed by atoms with van der Waals surface area (Å²) in [6, 6.07) is 17.8. The van der Waals surface area contributed by atoms with E-state index < -0.39 is 39.0 Å². The van der Waals surface area contributed by atoms with E-state index in [9.17, 15) is 9.90 Å². The van der Waals surface area contributed by atoms with E-state index in [2.05, 4.69) is 54.7 Å². The van der Waals surface area contributed by atoms with Crippen LogP contribution in [-0.4, -0.2) is 79.4 Å². The predicted octanol–water partition coefficient (Wildman–Crippen LogP) is 6.52. The summed E-state index contributed by atoms with van der Waals surface area (Å²) in [6.45, 7) is 21.0. The number of hydrogen-bond donors (Lipinski definition) is 1. The van der Waals surface area contributed by atoms with Gasteiger partial charge in [0.2, 0.25) is 17.7 Å². The van der Waals surface area contributed by atoms with Crippen molar-refractivity contribution in [2.75, 3.05) is 24.6 Å². The maximum atomic E-state index is 15.3. The molecule has 3 saturated heterocycles. The zero-order chi connectivity index (χ0) is 35.1. The molecule has 0 aliphatic carbocycles. The lowest BCUT2D eigenvalue weighted by Gasteiger charge is -2.46. The Kier molecular flexibility index (Phi) is 10.1. The number of nitrogens with zero attached hydrogens (tertiary/aromatic N) is 3. The number of likely N-dealkylation sites (tertiary alicyclic amines) is 1. The Hall–Kier alpha value is -3.36. The van der Waals surface area contributed by atoms with Crippen LogP contribution in [0.25, 0.3) is 0 Å². The Labute approximate surface area is 291 Å². The van der Waals surface area contributed by atoms with Gasteiger partial charge in [0.25, 0.3) is 0 Å². The van der Waals surface area contributed by atoms with Crippen LogP contribution in [0.5, 0.6) is 0 Å². The highest BCUT2D eigenvalue weighted by Crippen LogP contribution is 2.72. The van der Waals surface area contributed by atoms with Crippen LogP contribution in [0.4, 0.5) is 5.69 Å². The molecule has 0 saturated carbocycles. The lowest BCUT2D eigenvalue weighted by molar-refractivity contribution is -0.149. The number of aliphatic hydroxyl groups excluding tert-OH is 1. The Morgan fingerprint density at radius 3 is 2.15 bits per heavy atom. The highest BCUT2D eigenvalue weighted by Gasteiger charge is 2.78. The normalized spacial score (nSPS) is 27.0. The first-order valence-electron chi connectivity index (χ1n) is 17.2. The number of fused-ring (bicyclic) bond motifs is 1. The summed E-state index contributed by atoms with van der Waals surface area (Å²) >= 11 is 1.67. The smallest absolute Gasteiger partial charge is 0.247 e. The Balaban J connectivity index is 1.65. The third-order valence-corrected chi connectivity index (χ3v) is 12.5. The summed E-state index contributed by atoms with van der Waals surface area (Å²) in [7, 11) is 0. The molecule has 2 aromatic rings. The molecule has 48 heavy (non-hydrogen) atoms. The van der Waals surface area contributed by atoms with E-state index in [-0.39, 0.29) is 29.7 Å². The van der Waals surface area contributed by atoms with Gasteiger partial charge in [0.15, 0.2) is 0 Å². The first kappa shape index (κ1) is 35.9. The molecule has 3 fully saturated rings. The lowest BCUT2D eigenvalue weighted by atomic mass is 9.66. The van der Waals surface area contributed by atoms with Crippen LogP contribution in [0.1, 0.15) is 66.4 Å². The molecule has 2 aromatic carbocycles. The van der Waals surface area contributed by atoms with Crippen LogP contribution in [0.15, 0.2) is 86.0 Å². The van der Waals surface area contributed by atoms with Crippen LogP contribution in [0.2, 0.25) is 0 Å². The van der Waals surface area contributed by atoms with Gasteiger partial charge in [-0.3, -0.25) is 14.4 Å². The van der Waals surface area contributed by atoms with Crippen LogP contribution >= 0.6 is 11.8 Å². The Morgan fingerprint density at radius 2 is 1.58 bits per heavy atom. The summed E-state index contributed by atoms with van der Waals surface area (Å²) in [5.74, 6) is -1.82. The van der Waals surface area contributed by atoms with Crippen molar-refractivity contribution in [3.05, 3.63) is 91.5 Å². The van der Waals surface area contributed by atoms with Gasteiger partial charge in [-0.15, -0.1) is 24.9 Å². The van der Waals surface area contributed by atoms with Crippen molar-refractivity contribution in [3.8, 4) is 0 Å². The first-order chi connectivity index (χ1) is 22.6. The minimum atomic E-state index is -0.843. The number of aliphatic hydroxyl groups is 1. The molecule has 2 unspecified atom stereocenters. The summed E-state index contributed by atoms with van der Waals surface area (Å²) in [6.07, 6.45) is 5.95. The molecule has 3 amide bonds. The molecule has 0 radical (unpaired) electrons. The first-order valence-corrected chi connectivity index (χ1v) is 18.0. The molecule has 5 rings (SSSR count). The topological polar surface area (TPSA) is 81.2 Å². The largest absolute Gasteiger partial charge is 0.394 e. The summed E-state index contributed by atoms with van der Waals surface area (Å²) in [5.41, 5.74) is 1.11. The molecule has 1 N–H and O–H groups in total. The Bertz CT molecular complexity index is 1520. The molecule has 7 nitrogen and oxygen atoms in total. The van der Waals surface area contributed by atoms with Gasteiger partial charge in [-0.1, -0.05) is 81.5 Å². The average Bonchev–Trinajstić information content (AvgIpc) is 3.61. The second-order valence-corrected chi connectivity index (χ2v) is 17.8. The monoisotopic (exact) mass is 671 g/mol.